The molecule has 0 spiro atoms. The molecule has 1 rings (SSSR count). The zero-order valence-corrected chi connectivity index (χ0v) is 16.6. The first kappa shape index (κ1) is 23.7. The maximum absolute atomic E-state index is 12.9. The number of hydrogen-bond acceptors (Lipinski definition) is 4. The summed E-state index contributed by atoms with van der Waals surface area (Å²) >= 11 is 0. The van der Waals surface area contributed by atoms with Gasteiger partial charge in [0.2, 0.25) is 0 Å². The van der Waals surface area contributed by atoms with Crippen LogP contribution in [0.15, 0.2) is 24.3 Å². The summed E-state index contributed by atoms with van der Waals surface area (Å²) in [6.07, 6.45) is -4.81. The first-order valence-corrected chi connectivity index (χ1v) is 8.91. The van der Waals surface area contributed by atoms with Gasteiger partial charge in [-0.2, -0.15) is 13.2 Å². The number of halogens is 3. The van der Waals surface area contributed by atoms with Gasteiger partial charge in [-0.25, -0.2) is 10.3 Å². The lowest BCUT2D eigenvalue weighted by atomic mass is 9.94. The third-order valence-electron chi connectivity index (χ3n) is 3.61. The first-order chi connectivity index (χ1) is 12.8. The van der Waals surface area contributed by atoms with Gasteiger partial charge in [0, 0.05) is 0 Å². The lowest BCUT2D eigenvalue weighted by Crippen LogP contribution is -2.41. The number of nitrogens with one attached hydrogen (secondary N) is 2. The molecule has 0 aliphatic rings. The summed E-state index contributed by atoms with van der Waals surface area (Å²) in [5.41, 5.74) is 1.03. The smallest absolute Gasteiger partial charge is 0.416 e. The normalized spacial score (nSPS) is 14.1. The molecule has 0 aliphatic carbocycles. The highest BCUT2D eigenvalue weighted by molar-refractivity contribution is 5.82. The highest BCUT2D eigenvalue weighted by Gasteiger charge is 2.31. The summed E-state index contributed by atoms with van der Waals surface area (Å²) in [6.45, 7) is 8.49. The largest absolute Gasteiger partial charge is 0.444 e. The van der Waals surface area contributed by atoms with Crippen molar-refractivity contribution < 1.29 is 32.3 Å². The molecule has 0 fully saturated rings. The molecule has 0 saturated carbocycles. The van der Waals surface area contributed by atoms with Crippen LogP contribution in [0.3, 0.4) is 0 Å². The van der Waals surface area contributed by atoms with Crippen LogP contribution in [0, 0.1) is 0 Å². The van der Waals surface area contributed by atoms with Gasteiger partial charge in [-0.1, -0.05) is 25.1 Å². The molecule has 2 amide bonds. The molecular weight excluding hydrogens is 377 g/mol. The van der Waals surface area contributed by atoms with E-state index in [0.717, 1.165) is 12.1 Å². The van der Waals surface area contributed by atoms with Gasteiger partial charge in [0.15, 0.2) is 0 Å². The molecule has 2 atom stereocenters. The van der Waals surface area contributed by atoms with Crippen LogP contribution in [0.2, 0.25) is 0 Å². The van der Waals surface area contributed by atoms with E-state index < -0.39 is 41.3 Å². The van der Waals surface area contributed by atoms with Crippen molar-refractivity contribution in [3.8, 4) is 0 Å². The molecule has 0 radical (unpaired) electrons. The van der Waals surface area contributed by atoms with Crippen molar-refractivity contribution in [2.75, 3.05) is 6.61 Å². The number of amides is 2. The molecular formula is C19H27F3N2O4. The molecule has 6 nitrogen and oxygen atoms in total. The van der Waals surface area contributed by atoms with Crippen LogP contribution in [-0.4, -0.2) is 30.3 Å². The summed E-state index contributed by atoms with van der Waals surface area (Å²) in [4.78, 5) is 29.0. The van der Waals surface area contributed by atoms with E-state index in [0.29, 0.717) is 6.42 Å². The second-order valence-electron chi connectivity index (χ2n) is 7.41. The minimum atomic E-state index is -4.48. The van der Waals surface area contributed by atoms with Gasteiger partial charge in [-0.3, -0.25) is 9.63 Å². The van der Waals surface area contributed by atoms with Crippen molar-refractivity contribution in [2.24, 2.45) is 0 Å². The average molecular weight is 404 g/mol. The van der Waals surface area contributed by atoms with Crippen molar-refractivity contribution in [1.82, 2.24) is 10.8 Å². The van der Waals surface area contributed by atoms with Gasteiger partial charge in [-0.05, 0) is 45.7 Å². The zero-order chi connectivity index (χ0) is 21.5. The summed E-state index contributed by atoms with van der Waals surface area (Å²) in [6, 6.07) is 4.19. The van der Waals surface area contributed by atoms with E-state index in [1.54, 1.807) is 34.6 Å². The molecule has 158 valence electrons. The molecule has 9 heteroatoms. The van der Waals surface area contributed by atoms with E-state index in [1.807, 2.05) is 0 Å². The quantitative estimate of drug-likeness (QED) is 0.669. The Kier molecular flexibility index (Phi) is 8.29. The molecule has 2 N–H and O–H groups in total. The fourth-order valence-electron chi connectivity index (χ4n) is 2.36. The van der Waals surface area contributed by atoms with Crippen LogP contribution in [0.4, 0.5) is 18.0 Å². The van der Waals surface area contributed by atoms with Gasteiger partial charge in [0.1, 0.15) is 5.60 Å². The minimum Gasteiger partial charge on any atom is -0.444 e. The van der Waals surface area contributed by atoms with Crippen LogP contribution < -0.4 is 10.8 Å². The Morgan fingerprint density at radius 2 is 1.82 bits per heavy atom. The number of alkyl halides is 3. The highest BCUT2D eigenvalue weighted by atomic mass is 19.4. The number of rotatable bonds is 7. The van der Waals surface area contributed by atoms with Gasteiger partial charge in [0.25, 0.3) is 5.91 Å². The predicted molar refractivity (Wildman–Crippen MR) is 97.4 cm³/mol. The van der Waals surface area contributed by atoms with Crippen molar-refractivity contribution in [1.29, 1.82) is 0 Å². The van der Waals surface area contributed by atoms with E-state index in [9.17, 15) is 22.8 Å². The molecule has 0 unspecified atom stereocenters. The van der Waals surface area contributed by atoms with E-state index in [1.165, 1.54) is 12.1 Å². The number of hydroxylamine groups is 1. The molecule has 0 aromatic heterocycles. The summed E-state index contributed by atoms with van der Waals surface area (Å²) in [5, 5.41) is 2.55. The van der Waals surface area contributed by atoms with Crippen molar-refractivity contribution >= 4 is 12.0 Å². The van der Waals surface area contributed by atoms with Crippen LogP contribution in [0.5, 0.6) is 0 Å². The maximum atomic E-state index is 12.9. The number of benzene rings is 1. The Balaban J connectivity index is 2.58. The number of carbonyl (C=O) groups is 2. The second-order valence-corrected chi connectivity index (χ2v) is 7.41. The average Bonchev–Trinajstić information content (AvgIpc) is 2.53. The standard InChI is InChI=1S/C19H27F3N2O4/c1-6-15(13-8-7-9-14(10-13)19(20,21)22)16(25)24-27-11-12(2)23-17(26)28-18(3,4)5/h7-10,12,15H,6,11H2,1-5H3,(H,23,26)(H,24,25)/t12-,15-/m1/s1. The van der Waals surface area contributed by atoms with Crippen LogP contribution in [-0.2, 0) is 20.5 Å². The van der Waals surface area contributed by atoms with Gasteiger partial charge in [0.05, 0.1) is 24.1 Å². The summed E-state index contributed by atoms with van der Waals surface area (Å²) in [7, 11) is 0. The van der Waals surface area contributed by atoms with E-state index in [2.05, 4.69) is 10.8 Å². The third kappa shape index (κ3) is 8.16. The zero-order valence-electron chi connectivity index (χ0n) is 16.6. The predicted octanol–water partition coefficient (Wildman–Crippen LogP) is 4.16. The molecule has 28 heavy (non-hydrogen) atoms. The van der Waals surface area contributed by atoms with Crippen molar-refractivity contribution in [3.05, 3.63) is 35.4 Å². The Hall–Kier alpha value is -2.29. The van der Waals surface area contributed by atoms with Crippen LogP contribution >= 0.6 is 0 Å². The van der Waals surface area contributed by atoms with Gasteiger partial charge in [-0.15, -0.1) is 0 Å². The summed E-state index contributed by atoms with van der Waals surface area (Å²) in [5.74, 6) is -1.36. The Labute approximate surface area is 162 Å². The Morgan fingerprint density at radius 3 is 2.36 bits per heavy atom. The Bertz CT molecular complexity index is 672. The van der Waals surface area contributed by atoms with Crippen LogP contribution in [0.25, 0.3) is 0 Å². The molecule has 0 aliphatic heterocycles. The topological polar surface area (TPSA) is 76.7 Å². The van der Waals surface area contributed by atoms with E-state index in [-0.39, 0.29) is 12.2 Å². The number of ether oxygens (including phenoxy) is 1. The Morgan fingerprint density at radius 1 is 1.18 bits per heavy atom. The van der Waals surface area contributed by atoms with E-state index in [4.69, 9.17) is 9.57 Å². The molecule has 1 aromatic rings. The van der Waals surface area contributed by atoms with Crippen molar-refractivity contribution in [3.63, 3.8) is 0 Å². The molecule has 1 aromatic carbocycles. The first-order valence-electron chi connectivity index (χ1n) is 8.91. The lowest BCUT2D eigenvalue weighted by molar-refractivity contribution is -0.138. The molecule has 0 bridgehead atoms. The highest BCUT2D eigenvalue weighted by Crippen LogP contribution is 2.31. The maximum Gasteiger partial charge on any atom is 0.416 e. The van der Waals surface area contributed by atoms with Gasteiger partial charge < -0.3 is 10.1 Å². The molecule has 0 heterocycles. The number of hydrogen-bond donors (Lipinski definition) is 2. The lowest BCUT2D eigenvalue weighted by Gasteiger charge is -2.22. The number of carbonyl (C=O) groups excluding carboxylic acids is 2. The monoisotopic (exact) mass is 404 g/mol. The fraction of sp³-hybridized carbons (Fsp3) is 0.579. The van der Waals surface area contributed by atoms with E-state index >= 15 is 0 Å². The van der Waals surface area contributed by atoms with Crippen LogP contribution in [0.1, 0.15) is 58.1 Å². The fourth-order valence-corrected chi connectivity index (χ4v) is 2.36. The summed E-state index contributed by atoms with van der Waals surface area (Å²) < 4.78 is 43.7. The van der Waals surface area contributed by atoms with Crippen molar-refractivity contribution in [2.45, 2.75) is 64.8 Å². The third-order valence-corrected chi connectivity index (χ3v) is 3.61. The second kappa shape index (κ2) is 9.77. The molecule has 0 saturated heterocycles. The van der Waals surface area contributed by atoms with Gasteiger partial charge >= 0.3 is 12.3 Å². The number of alkyl carbamates (subject to hydrolysis) is 1. The SMILES string of the molecule is CC[C@@H](C(=O)NOC[C@@H](C)NC(=O)OC(C)(C)C)c1cccc(C(F)(F)F)c1. The minimum absolute atomic E-state index is 0.0377.